The van der Waals surface area contributed by atoms with Gasteiger partial charge in [-0.2, -0.15) is 13.9 Å². The minimum Gasteiger partial charge on any atom is -0.427 e. The van der Waals surface area contributed by atoms with Crippen LogP contribution in [0.4, 0.5) is 14.5 Å². The molecule has 0 aliphatic carbocycles. The predicted molar refractivity (Wildman–Crippen MR) is 76.6 cm³/mol. The molecule has 0 aromatic carbocycles. The molecule has 1 atom stereocenters. The van der Waals surface area contributed by atoms with Crippen LogP contribution in [0.2, 0.25) is 0 Å². The molecule has 6 nitrogen and oxygen atoms in total. The molecule has 2 N–H and O–H groups in total. The third-order valence-electron chi connectivity index (χ3n) is 3.62. The Balaban J connectivity index is 1.94. The van der Waals surface area contributed by atoms with E-state index in [1.807, 2.05) is 0 Å². The molecule has 4 heterocycles. The molecule has 9 heteroatoms. The van der Waals surface area contributed by atoms with Crippen LogP contribution < -0.4 is 15.0 Å². The minimum atomic E-state index is -3.29. The zero-order valence-corrected chi connectivity index (χ0v) is 12.3. The molecule has 0 radical (unpaired) electrons. The SMILES string of the molecule is C[C@@H]1CN2CC(F)(F)Oc3c(-c4cn[nH]c4)sc(c32)C(=O)N1. The van der Waals surface area contributed by atoms with Crippen LogP contribution in [0, 0.1) is 0 Å². The summed E-state index contributed by atoms with van der Waals surface area (Å²) in [5, 5.41) is 9.28. The Morgan fingerprint density at radius 3 is 3.05 bits per heavy atom. The number of aromatic nitrogens is 2. The van der Waals surface area contributed by atoms with E-state index in [0.29, 0.717) is 27.5 Å². The fraction of sp³-hybridized carbons (Fsp3) is 0.385. The molecule has 0 saturated heterocycles. The lowest BCUT2D eigenvalue weighted by Gasteiger charge is -2.34. The van der Waals surface area contributed by atoms with E-state index in [4.69, 9.17) is 4.74 Å². The van der Waals surface area contributed by atoms with Crippen LogP contribution >= 0.6 is 11.3 Å². The number of ether oxygens (including phenoxy) is 1. The number of rotatable bonds is 1. The van der Waals surface area contributed by atoms with Crippen molar-refractivity contribution in [3.05, 3.63) is 17.3 Å². The average molecular weight is 326 g/mol. The van der Waals surface area contributed by atoms with Gasteiger partial charge >= 0.3 is 6.11 Å². The molecule has 1 amide bonds. The molecule has 0 bridgehead atoms. The van der Waals surface area contributed by atoms with E-state index in [-0.39, 0.29) is 17.7 Å². The molecule has 0 fully saturated rings. The van der Waals surface area contributed by atoms with Crippen molar-refractivity contribution in [2.75, 3.05) is 18.0 Å². The molecule has 22 heavy (non-hydrogen) atoms. The van der Waals surface area contributed by atoms with Gasteiger partial charge in [-0.05, 0) is 6.92 Å². The van der Waals surface area contributed by atoms with Crippen molar-refractivity contribution in [3.63, 3.8) is 0 Å². The molecular formula is C13H12F2N4O2S. The van der Waals surface area contributed by atoms with Gasteiger partial charge in [-0.25, -0.2) is 0 Å². The summed E-state index contributed by atoms with van der Waals surface area (Å²) in [4.78, 5) is 14.7. The number of carbonyl (C=O) groups is 1. The van der Waals surface area contributed by atoms with Gasteiger partial charge in [0.1, 0.15) is 17.1 Å². The van der Waals surface area contributed by atoms with Crippen LogP contribution in [0.3, 0.4) is 0 Å². The lowest BCUT2D eigenvalue weighted by Crippen LogP contribution is -2.48. The van der Waals surface area contributed by atoms with E-state index < -0.39 is 12.7 Å². The number of anilines is 1. The largest absolute Gasteiger partial charge is 0.427 e. The van der Waals surface area contributed by atoms with Crippen molar-refractivity contribution in [1.29, 1.82) is 0 Å². The van der Waals surface area contributed by atoms with Crippen molar-refractivity contribution in [1.82, 2.24) is 15.5 Å². The second-order valence-electron chi connectivity index (χ2n) is 5.42. The first kappa shape index (κ1) is 13.5. The zero-order chi connectivity index (χ0) is 15.5. The Morgan fingerprint density at radius 1 is 1.50 bits per heavy atom. The first-order chi connectivity index (χ1) is 10.4. The van der Waals surface area contributed by atoms with Crippen molar-refractivity contribution in [2.24, 2.45) is 0 Å². The number of aromatic amines is 1. The summed E-state index contributed by atoms with van der Waals surface area (Å²) >= 11 is 1.14. The number of hydrogen-bond donors (Lipinski definition) is 2. The molecule has 116 valence electrons. The van der Waals surface area contributed by atoms with E-state index in [1.54, 1.807) is 13.1 Å². The lowest BCUT2D eigenvalue weighted by molar-refractivity contribution is -0.171. The van der Waals surface area contributed by atoms with Crippen LogP contribution in [-0.2, 0) is 0 Å². The van der Waals surface area contributed by atoms with Crippen LogP contribution in [0.25, 0.3) is 10.4 Å². The highest BCUT2D eigenvalue weighted by atomic mass is 32.1. The summed E-state index contributed by atoms with van der Waals surface area (Å²) in [6.45, 7) is 1.54. The van der Waals surface area contributed by atoms with Gasteiger partial charge in [0.2, 0.25) is 0 Å². The predicted octanol–water partition coefficient (Wildman–Crippen LogP) is 2.06. The number of nitrogens with zero attached hydrogens (tertiary/aromatic N) is 2. The molecule has 0 saturated carbocycles. The quantitative estimate of drug-likeness (QED) is 0.842. The van der Waals surface area contributed by atoms with Crippen LogP contribution in [-0.4, -0.2) is 41.3 Å². The highest BCUT2D eigenvalue weighted by Gasteiger charge is 2.46. The van der Waals surface area contributed by atoms with Crippen molar-refractivity contribution < 1.29 is 18.3 Å². The summed E-state index contributed by atoms with van der Waals surface area (Å²) in [5.41, 5.74) is 1.07. The summed E-state index contributed by atoms with van der Waals surface area (Å²) in [6.07, 6.45) is -0.192. The number of hydrogen-bond acceptors (Lipinski definition) is 5. The van der Waals surface area contributed by atoms with Gasteiger partial charge in [0, 0.05) is 24.3 Å². The highest BCUT2D eigenvalue weighted by Crippen LogP contribution is 2.52. The maximum absolute atomic E-state index is 13.9. The van der Waals surface area contributed by atoms with Gasteiger partial charge in [0.05, 0.1) is 11.1 Å². The minimum absolute atomic E-state index is 0.0573. The third kappa shape index (κ3) is 1.96. The van der Waals surface area contributed by atoms with Gasteiger partial charge < -0.3 is 15.0 Å². The molecule has 4 rings (SSSR count). The molecular weight excluding hydrogens is 314 g/mol. The van der Waals surface area contributed by atoms with E-state index in [2.05, 4.69) is 15.5 Å². The topological polar surface area (TPSA) is 70.2 Å². The first-order valence-electron chi connectivity index (χ1n) is 6.73. The Bertz CT molecular complexity index is 744. The van der Waals surface area contributed by atoms with Gasteiger partial charge in [-0.15, -0.1) is 11.3 Å². The Morgan fingerprint density at radius 2 is 2.32 bits per heavy atom. The van der Waals surface area contributed by atoms with Crippen LogP contribution in [0.15, 0.2) is 12.4 Å². The van der Waals surface area contributed by atoms with Gasteiger partial charge in [-0.3, -0.25) is 9.89 Å². The fourth-order valence-corrected chi connectivity index (χ4v) is 3.95. The summed E-state index contributed by atoms with van der Waals surface area (Å²) in [5.74, 6) is -0.207. The summed E-state index contributed by atoms with van der Waals surface area (Å²) < 4.78 is 32.8. The lowest BCUT2D eigenvalue weighted by atomic mass is 10.2. The average Bonchev–Trinajstić information content (AvgIpc) is 3.00. The van der Waals surface area contributed by atoms with Gasteiger partial charge in [-0.1, -0.05) is 0 Å². The van der Waals surface area contributed by atoms with Crippen LogP contribution in [0.1, 0.15) is 16.6 Å². The van der Waals surface area contributed by atoms with Crippen molar-refractivity contribution in [3.8, 4) is 16.2 Å². The second-order valence-corrected chi connectivity index (χ2v) is 6.44. The molecule has 0 spiro atoms. The van der Waals surface area contributed by atoms with Gasteiger partial charge in [0.25, 0.3) is 5.91 Å². The smallest absolute Gasteiger partial charge is 0.416 e. The maximum atomic E-state index is 13.9. The maximum Gasteiger partial charge on any atom is 0.416 e. The summed E-state index contributed by atoms with van der Waals surface area (Å²) in [6, 6.07) is -0.216. The van der Waals surface area contributed by atoms with Crippen LogP contribution in [0.5, 0.6) is 5.75 Å². The molecule has 2 aromatic heterocycles. The molecule has 0 unspecified atom stereocenters. The monoisotopic (exact) mass is 326 g/mol. The number of nitrogens with one attached hydrogen (secondary N) is 2. The molecule has 2 aromatic rings. The number of H-pyrrole nitrogens is 1. The summed E-state index contributed by atoms with van der Waals surface area (Å²) in [7, 11) is 0. The second kappa shape index (κ2) is 4.42. The number of alkyl halides is 2. The number of amides is 1. The first-order valence-corrected chi connectivity index (χ1v) is 7.55. The fourth-order valence-electron chi connectivity index (χ4n) is 2.81. The highest BCUT2D eigenvalue weighted by molar-refractivity contribution is 7.18. The normalized spacial score (nSPS) is 22.6. The number of halogens is 2. The Kier molecular flexibility index (Phi) is 2.71. The molecule has 2 aliphatic heterocycles. The third-order valence-corrected chi connectivity index (χ3v) is 4.83. The van der Waals surface area contributed by atoms with E-state index in [1.165, 1.54) is 11.1 Å². The van der Waals surface area contributed by atoms with E-state index >= 15 is 0 Å². The van der Waals surface area contributed by atoms with E-state index in [0.717, 1.165) is 11.3 Å². The number of carbonyl (C=O) groups excluding carboxylic acids is 1. The van der Waals surface area contributed by atoms with Crippen molar-refractivity contribution in [2.45, 2.75) is 19.1 Å². The standard InChI is InChI=1S/C13H12F2N4O2S/c1-6-4-19-5-13(14,15)21-9-8(19)11(12(20)18-6)22-10(9)7-2-16-17-3-7/h2-3,6H,4-5H2,1H3,(H,16,17)(H,18,20)/t6-/m1/s1. The zero-order valence-electron chi connectivity index (χ0n) is 11.5. The Hall–Kier alpha value is -2.16. The number of thiophene rings is 1. The Labute approximate surface area is 128 Å². The molecule has 2 aliphatic rings. The van der Waals surface area contributed by atoms with E-state index in [9.17, 15) is 13.6 Å². The van der Waals surface area contributed by atoms with Crippen molar-refractivity contribution >= 4 is 22.9 Å². The van der Waals surface area contributed by atoms with Gasteiger partial charge in [0.15, 0.2) is 5.75 Å².